The van der Waals surface area contributed by atoms with E-state index in [2.05, 4.69) is 12.1 Å². The number of carboxylic acid groups (broad SMARTS) is 1. The van der Waals surface area contributed by atoms with Crippen LogP contribution in [0.4, 0.5) is 4.79 Å². The van der Waals surface area contributed by atoms with Crippen LogP contribution in [0.5, 0.6) is 5.75 Å². The Bertz CT molecular complexity index is 908. The van der Waals surface area contributed by atoms with Gasteiger partial charge >= 0.3 is 12.1 Å². The van der Waals surface area contributed by atoms with Gasteiger partial charge in [-0.1, -0.05) is 18.5 Å². The van der Waals surface area contributed by atoms with Gasteiger partial charge in [-0.2, -0.15) is 0 Å². The summed E-state index contributed by atoms with van der Waals surface area (Å²) in [5.74, 6) is 0.156. The SMILES string of the molecule is CCCCN(C)C(=O)OCc1c(C)noc1-c1ccc(OC2CCCC(C(=O)O)C2)cc1. The van der Waals surface area contributed by atoms with Gasteiger partial charge in [0.25, 0.3) is 0 Å². The number of benzene rings is 1. The van der Waals surface area contributed by atoms with Crippen LogP contribution in [0.3, 0.4) is 0 Å². The fraction of sp³-hybridized carbons (Fsp3) is 0.542. The molecule has 1 saturated carbocycles. The molecule has 0 saturated heterocycles. The van der Waals surface area contributed by atoms with Crippen molar-refractivity contribution >= 4 is 12.1 Å². The Balaban J connectivity index is 1.62. The number of ether oxygens (including phenoxy) is 2. The topological polar surface area (TPSA) is 102 Å². The third kappa shape index (κ3) is 6.02. The Kier molecular flexibility index (Phi) is 8.14. The van der Waals surface area contributed by atoms with Gasteiger partial charge in [0.2, 0.25) is 0 Å². The minimum atomic E-state index is -0.751. The van der Waals surface area contributed by atoms with Crippen molar-refractivity contribution in [3.05, 3.63) is 35.5 Å². The first-order chi connectivity index (χ1) is 15.4. The highest BCUT2D eigenvalue weighted by Crippen LogP contribution is 2.31. The van der Waals surface area contributed by atoms with E-state index >= 15 is 0 Å². The van der Waals surface area contributed by atoms with Crippen molar-refractivity contribution < 1.29 is 28.7 Å². The molecule has 0 aliphatic heterocycles. The largest absolute Gasteiger partial charge is 0.490 e. The standard InChI is InChI=1S/C24H32N2O6/c1-4-5-13-26(3)24(29)30-15-21-16(2)25-32-22(21)17-9-11-19(12-10-17)31-20-8-6-7-18(14-20)23(27)28/h9-12,18,20H,4-8,13-15H2,1-3H3,(H,27,28). The number of unbranched alkanes of at least 4 members (excludes halogenated alkanes) is 1. The van der Waals surface area contributed by atoms with E-state index in [1.165, 1.54) is 0 Å². The first-order valence-electron chi connectivity index (χ1n) is 11.2. The minimum Gasteiger partial charge on any atom is -0.490 e. The Hall–Kier alpha value is -3.03. The second-order valence-electron chi connectivity index (χ2n) is 8.37. The molecule has 2 unspecified atom stereocenters. The fourth-order valence-corrected chi connectivity index (χ4v) is 3.87. The van der Waals surface area contributed by atoms with Crippen molar-refractivity contribution in [3.8, 4) is 17.1 Å². The van der Waals surface area contributed by atoms with Crippen molar-refractivity contribution in [2.45, 2.75) is 65.1 Å². The van der Waals surface area contributed by atoms with E-state index < -0.39 is 5.97 Å². The van der Waals surface area contributed by atoms with Crippen LogP contribution in [-0.2, 0) is 16.1 Å². The summed E-state index contributed by atoms with van der Waals surface area (Å²) >= 11 is 0. The predicted molar refractivity (Wildman–Crippen MR) is 118 cm³/mol. The molecular weight excluding hydrogens is 412 g/mol. The molecule has 32 heavy (non-hydrogen) atoms. The molecule has 1 aromatic heterocycles. The highest BCUT2D eigenvalue weighted by Gasteiger charge is 2.28. The molecule has 1 aromatic carbocycles. The Morgan fingerprint density at radius 2 is 2.00 bits per heavy atom. The number of carboxylic acids is 1. The van der Waals surface area contributed by atoms with E-state index in [1.54, 1.807) is 11.9 Å². The van der Waals surface area contributed by atoms with Crippen molar-refractivity contribution in [2.75, 3.05) is 13.6 Å². The number of rotatable bonds is 9. The van der Waals surface area contributed by atoms with Crippen LogP contribution < -0.4 is 4.74 Å². The number of nitrogens with zero attached hydrogens (tertiary/aromatic N) is 2. The second kappa shape index (κ2) is 11.0. The summed E-state index contributed by atoms with van der Waals surface area (Å²) in [6.07, 6.45) is 4.41. The van der Waals surface area contributed by atoms with Gasteiger partial charge in [0.15, 0.2) is 5.76 Å². The van der Waals surface area contributed by atoms with Crippen LogP contribution in [-0.4, -0.2) is 46.9 Å². The maximum Gasteiger partial charge on any atom is 0.409 e. The molecule has 0 spiro atoms. The number of amides is 1. The fourth-order valence-electron chi connectivity index (χ4n) is 3.87. The van der Waals surface area contributed by atoms with E-state index in [9.17, 15) is 14.7 Å². The van der Waals surface area contributed by atoms with E-state index in [0.29, 0.717) is 36.6 Å². The van der Waals surface area contributed by atoms with Gasteiger partial charge in [-0.25, -0.2) is 4.79 Å². The van der Waals surface area contributed by atoms with E-state index in [-0.39, 0.29) is 24.7 Å². The maximum absolute atomic E-state index is 12.2. The zero-order chi connectivity index (χ0) is 23.1. The highest BCUT2D eigenvalue weighted by molar-refractivity contribution is 5.70. The molecule has 2 aromatic rings. The molecule has 1 aliphatic rings. The van der Waals surface area contributed by atoms with E-state index in [4.69, 9.17) is 14.0 Å². The van der Waals surface area contributed by atoms with Crippen LogP contribution in [0.25, 0.3) is 11.3 Å². The van der Waals surface area contributed by atoms with Gasteiger partial charge in [-0.05, 0) is 63.3 Å². The number of hydrogen-bond donors (Lipinski definition) is 1. The molecule has 1 heterocycles. The first-order valence-corrected chi connectivity index (χ1v) is 11.2. The highest BCUT2D eigenvalue weighted by atomic mass is 16.6. The van der Waals surface area contributed by atoms with Crippen molar-refractivity contribution in [1.29, 1.82) is 0 Å². The second-order valence-corrected chi connectivity index (χ2v) is 8.37. The number of aryl methyl sites for hydroxylation is 1. The normalized spacial score (nSPS) is 18.2. The monoisotopic (exact) mass is 444 g/mol. The summed E-state index contributed by atoms with van der Waals surface area (Å²) < 4.78 is 17.0. The summed E-state index contributed by atoms with van der Waals surface area (Å²) in [5, 5.41) is 13.3. The van der Waals surface area contributed by atoms with Gasteiger partial charge in [0.1, 0.15) is 12.4 Å². The smallest absolute Gasteiger partial charge is 0.409 e. The lowest BCUT2D eigenvalue weighted by molar-refractivity contribution is -0.143. The Labute approximate surface area is 188 Å². The predicted octanol–water partition coefficient (Wildman–Crippen LogP) is 5.04. The zero-order valence-corrected chi connectivity index (χ0v) is 19.0. The lowest BCUT2D eigenvalue weighted by atomic mass is 9.87. The molecule has 1 aliphatic carbocycles. The van der Waals surface area contributed by atoms with Gasteiger partial charge in [0.05, 0.1) is 23.3 Å². The third-order valence-electron chi connectivity index (χ3n) is 5.88. The molecule has 1 N–H and O–H groups in total. The van der Waals surface area contributed by atoms with Crippen molar-refractivity contribution in [3.63, 3.8) is 0 Å². The summed E-state index contributed by atoms with van der Waals surface area (Å²) in [7, 11) is 1.73. The van der Waals surface area contributed by atoms with Crippen LogP contribution in [0.15, 0.2) is 28.8 Å². The van der Waals surface area contributed by atoms with E-state index in [1.807, 2.05) is 31.2 Å². The molecule has 174 valence electrons. The number of carbonyl (C=O) groups excluding carboxylic acids is 1. The molecule has 0 radical (unpaired) electrons. The lowest BCUT2D eigenvalue weighted by Crippen LogP contribution is -2.29. The molecule has 1 fully saturated rings. The van der Waals surface area contributed by atoms with Crippen molar-refractivity contribution in [2.24, 2.45) is 5.92 Å². The number of carbonyl (C=O) groups is 2. The third-order valence-corrected chi connectivity index (χ3v) is 5.88. The van der Waals surface area contributed by atoms with Gasteiger partial charge in [0, 0.05) is 19.2 Å². The summed E-state index contributed by atoms with van der Waals surface area (Å²) in [6.45, 7) is 4.62. The molecular formula is C24H32N2O6. The summed E-state index contributed by atoms with van der Waals surface area (Å²) in [6, 6.07) is 7.41. The number of aliphatic carboxylic acids is 1. The maximum atomic E-state index is 12.2. The summed E-state index contributed by atoms with van der Waals surface area (Å²) in [4.78, 5) is 25.0. The van der Waals surface area contributed by atoms with E-state index in [0.717, 1.165) is 36.8 Å². The van der Waals surface area contributed by atoms with Gasteiger partial charge in [-0.3, -0.25) is 4.79 Å². The number of aromatic nitrogens is 1. The van der Waals surface area contributed by atoms with Crippen LogP contribution >= 0.6 is 0 Å². The molecule has 8 heteroatoms. The summed E-state index contributed by atoms with van der Waals surface area (Å²) in [5.41, 5.74) is 2.20. The molecule has 8 nitrogen and oxygen atoms in total. The Morgan fingerprint density at radius 1 is 1.25 bits per heavy atom. The Morgan fingerprint density at radius 3 is 2.69 bits per heavy atom. The van der Waals surface area contributed by atoms with Crippen LogP contribution in [0, 0.1) is 12.8 Å². The minimum absolute atomic E-state index is 0.0802. The van der Waals surface area contributed by atoms with Gasteiger partial charge in [-0.15, -0.1) is 0 Å². The van der Waals surface area contributed by atoms with Gasteiger partial charge < -0.3 is 24.0 Å². The van der Waals surface area contributed by atoms with Crippen LogP contribution in [0.1, 0.15) is 56.7 Å². The molecule has 1 amide bonds. The first kappa shape index (κ1) is 23.6. The van der Waals surface area contributed by atoms with Crippen LogP contribution in [0.2, 0.25) is 0 Å². The molecule has 2 atom stereocenters. The quantitative estimate of drug-likeness (QED) is 0.578. The zero-order valence-electron chi connectivity index (χ0n) is 19.0. The molecule has 0 bridgehead atoms. The van der Waals surface area contributed by atoms with Crippen molar-refractivity contribution in [1.82, 2.24) is 10.1 Å². The average molecular weight is 445 g/mol. The average Bonchev–Trinajstić information content (AvgIpc) is 3.16. The lowest BCUT2D eigenvalue weighted by Gasteiger charge is -2.27. The molecule has 3 rings (SSSR count). The number of hydrogen-bond acceptors (Lipinski definition) is 6.